The topological polar surface area (TPSA) is 35.2 Å². The molecule has 0 radical (unpaired) electrons. The number of nitrogens with two attached hydrogens (primary N) is 1. The lowest BCUT2D eigenvalue weighted by Crippen LogP contribution is -2.26. The molecule has 1 heterocycles. The second-order valence-electron chi connectivity index (χ2n) is 2.67. The van der Waals surface area contributed by atoms with E-state index in [0.29, 0.717) is 5.92 Å². The van der Waals surface area contributed by atoms with Crippen molar-refractivity contribution in [1.29, 1.82) is 0 Å². The number of ether oxygens (including phenoxy) is 1. The van der Waals surface area contributed by atoms with Gasteiger partial charge < -0.3 is 10.5 Å². The summed E-state index contributed by atoms with van der Waals surface area (Å²) in [7, 11) is 0. The van der Waals surface area contributed by atoms with Gasteiger partial charge in [0.05, 0.1) is 12.1 Å². The minimum Gasteiger partial charge on any atom is -0.494 e. The van der Waals surface area contributed by atoms with Crippen molar-refractivity contribution >= 4 is 0 Å². The van der Waals surface area contributed by atoms with Crippen LogP contribution in [0.5, 0.6) is 0 Å². The predicted molar refractivity (Wildman–Crippen MR) is 36.8 cm³/mol. The summed E-state index contributed by atoms with van der Waals surface area (Å²) in [5, 5.41) is 0. The van der Waals surface area contributed by atoms with E-state index < -0.39 is 0 Å². The monoisotopic (exact) mass is 127 g/mol. The molecular weight excluding hydrogens is 114 g/mol. The van der Waals surface area contributed by atoms with Crippen molar-refractivity contribution in [3.05, 3.63) is 12.3 Å². The van der Waals surface area contributed by atoms with Gasteiger partial charge in [0.2, 0.25) is 0 Å². The molecule has 9 heavy (non-hydrogen) atoms. The maximum atomic E-state index is 5.69. The van der Waals surface area contributed by atoms with E-state index in [4.69, 9.17) is 10.5 Å². The average Bonchev–Trinajstić information content (AvgIpc) is 1.98. The molecule has 1 fully saturated rings. The van der Waals surface area contributed by atoms with Crippen LogP contribution in [0, 0.1) is 5.92 Å². The first-order chi connectivity index (χ1) is 4.13. The van der Waals surface area contributed by atoms with Crippen LogP contribution in [0.2, 0.25) is 0 Å². The predicted octanol–water partition coefficient (Wildman–Crippen LogP) is 0.882. The Morgan fingerprint density at radius 1 is 1.56 bits per heavy atom. The van der Waals surface area contributed by atoms with Gasteiger partial charge in [-0.1, -0.05) is 13.5 Å². The van der Waals surface area contributed by atoms with Crippen LogP contribution < -0.4 is 5.73 Å². The minimum atomic E-state index is 0.0417. The summed E-state index contributed by atoms with van der Waals surface area (Å²) in [6.07, 6.45) is 0.243. The zero-order valence-electron chi connectivity index (χ0n) is 5.92. The Morgan fingerprint density at radius 2 is 2.11 bits per heavy atom. The molecule has 3 atom stereocenters. The molecule has 0 aromatic rings. The fourth-order valence-electron chi connectivity index (χ4n) is 1.01. The van der Waals surface area contributed by atoms with Gasteiger partial charge >= 0.3 is 0 Å². The Morgan fingerprint density at radius 3 is 2.22 bits per heavy atom. The molecule has 0 amide bonds. The third-order valence-electron chi connectivity index (χ3n) is 2.02. The molecule has 0 saturated carbocycles. The van der Waals surface area contributed by atoms with Crippen molar-refractivity contribution < 1.29 is 4.74 Å². The summed E-state index contributed by atoms with van der Waals surface area (Å²) in [6.45, 7) is 7.78. The molecular formula is C7H13NO. The van der Waals surface area contributed by atoms with Crippen LogP contribution in [0.3, 0.4) is 0 Å². The van der Waals surface area contributed by atoms with E-state index in [1.165, 1.54) is 0 Å². The van der Waals surface area contributed by atoms with Gasteiger partial charge in [-0.3, -0.25) is 0 Å². The molecule has 0 bridgehead atoms. The summed E-state index contributed by atoms with van der Waals surface area (Å²) in [6, 6.07) is 0.0417. The third kappa shape index (κ3) is 0.944. The highest BCUT2D eigenvalue weighted by atomic mass is 16.5. The van der Waals surface area contributed by atoms with Crippen LogP contribution in [0.4, 0.5) is 0 Å². The molecule has 0 aromatic heterocycles. The summed E-state index contributed by atoms with van der Waals surface area (Å²) < 4.78 is 5.27. The van der Waals surface area contributed by atoms with Crippen molar-refractivity contribution in [2.24, 2.45) is 11.7 Å². The SMILES string of the molecule is C=C1OC(C)[C@H](C)[C@H]1N. The fraction of sp³-hybridized carbons (Fsp3) is 0.714. The highest BCUT2D eigenvalue weighted by Gasteiger charge is 2.31. The fourth-order valence-corrected chi connectivity index (χ4v) is 1.01. The smallest absolute Gasteiger partial charge is 0.106 e. The Hall–Kier alpha value is -0.500. The van der Waals surface area contributed by atoms with Crippen LogP contribution in [-0.4, -0.2) is 12.1 Å². The van der Waals surface area contributed by atoms with Crippen molar-refractivity contribution in [2.75, 3.05) is 0 Å². The quantitative estimate of drug-likeness (QED) is 0.524. The van der Waals surface area contributed by atoms with Gasteiger partial charge in [0.25, 0.3) is 0 Å². The molecule has 0 aromatic carbocycles. The lowest BCUT2D eigenvalue weighted by Gasteiger charge is -2.07. The van der Waals surface area contributed by atoms with E-state index >= 15 is 0 Å². The van der Waals surface area contributed by atoms with E-state index in [0.717, 1.165) is 5.76 Å². The first-order valence-corrected chi connectivity index (χ1v) is 3.24. The van der Waals surface area contributed by atoms with Gasteiger partial charge in [-0.05, 0) is 6.92 Å². The highest BCUT2D eigenvalue weighted by Crippen LogP contribution is 2.25. The van der Waals surface area contributed by atoms with Crippen LogP contribution >= 0.6 is 0 Å². The van der Waals surface area contributed by atoms with Gasteiger partial charge in [-0.15, -0.1) is 0 Å². The summed E-state index contributed by atoms with van der Waals surface area (Å²) in [5.74, 6) is 1.15. The molecule has 1 unspecified atom stereocenters. The van der Waals surface area contributed by atoms with E-state index in [1.807, 2.05) is 6.92 Å². The Kier molecular flexibility index (Phi) is 1.49. The van der Waals surface area contributed by atoms with Gasteiger partial charge in [0.1, 0.15) is 5.76 Å². The molecule has 2 nitrogen and oxygen atoms in total. The zero-order valence-corrected chi connectivity index (χ0v) is 5.92. The van der Waals surface area contributed by atoms with E-state index in [9.17, 15) is 0 Å². The molecule has 1 aliphatic rings. The van der Waals surface area contributed by atoms with Crippen LogP contribution in [0.1, 0.15) is 13.8 Å². The molecule has 1 rings (SSSR count). The Labute approximate surface area is 55.7 Å². The Balaban J connectivity index is 2.65. The average molecular weight is 127 g/mol. The van der Waals surface area contributed by atoms with Crippen molar-refractivity contribution in [2.45, 2.75) is 26.0 Å². The minimum absolute atomic E-state index is 0.0417. The van der Waals surface area contributed by atoms with Gasteiger partial charge in [0.15, 0.2) is 0 Å². The first-order valence-electron chi connectivity index (χ1n) is 3.24. The maximum Gasteiger partial charge on any atom is 0.106 e. The van der Waals surface area contributed by atoms with E-state index in [2.05, 4.69) is 13.5 Å². The van der Waals surface area contributed by atoms with Crippen LogP contribution in [-0.2, 0) is 4.74 Å². The zero-order chi connectivity index (χ0) is 7.02. The number of hydrogen-bond donors (Lipinski definition) is 1. The van der Waals surface area contributed by atoms with Gasteiger partial charge in [-0.2, -0.15) is 0 Å². The van der Waals surface area contributed by atoms with Gasteiger partial charge in [0, 0.05) is 5.92 Å². The molecule has 1 saturated heterocycles. The van der Waals surface area contributed by atoms with Crippen LogP contribution in [0.25, 0.3) is 0 Å². The van der Waals surface area contributed by atoms with Crippen molar-refractivity contribution in [1.82, 2.24) is 0 Å². The third-order valence-corrected chi connectivity index (χ3v) is 2.02. The number of hydrogen-bond acceptors (Lipinski definition) is 2. The van der Waals surface area contributed by atoms with E-state index in [1.54, 1.807) is 0 Å². The van der Waals surface area contributed by atoms with Gasteiger partial charge in [-0.25, -0.2) is 0 Å². The molecule has 2 N–H and O–H groups in total. The summed E-state index contributed by atoms with van der Waals surface area (Å²) in [4.78, 5) is 0. The number of rotatable bonds is 0. The first kappa shape index (κ1) is 6.62. The Bertz CT molecular complexity index is 133. The summed E-state index contributed by atoms with van der Waals surface area (Å²) >= 11 is 0. The molecule has 0 spiro atoms. The molecule has 2 heteroatoms. The largest absolute Gasteiger partial charge is 0.494 e. The normalized spacial score (nSPS) is 43.0. The lowest BCUT2D eigenvalue weighted by molar-refractivity contribution is 0.154. The molecule has 52 valence electrons. The second kappa shape index (κ2) is 2.03. The summed E-state index contributed by atoms with van der Waals surface area (Å²) in [5.41, 5.74) is 5.69. The van der Waals surface area contributed by atoms with Crippen molar-refractivity contribution in [3.8, 4) is 0 Å². The van der Waals surface area contributed by atoms with Crippen molar-refractivity contribution in [3.63, 3.8) is 0 Å². The molecule has 1 aliphatic heterocycles. The lowest BCUT2D eigenvalue weighted by atomic mass is 10.0. The van der Waals surface area contributed by atoms with E-state index in [-0.39, 0.29) is 12.1 Å². The highest BCUT2D eigenvalue weighted by molar-refractivity contribution is 5.05. The van der Waals surface area contributed by atoms with Crippen LogP contribution in [0.15, 0.2) is 12.3 Å². The second-order valence-corrected chi connectivity index (χ2v) is 2.67. The molecule has 0 aliphatic carbocycles. The maximum absolute atomic E-state index is 5.69. The standard InChI is InChI=1S/C7H13NO/c1-4-5(2)9-6(3)7(4)8/h4-5,7H,3,8H2,1-2H3/t4-,5?,7+/m0/s1.